The van der Waals surface area contributed by atoms with Gasteiger partial charge >= 0.3 is 0 Å². The molecule has 0 aliphatic heterocycles. The van der Waals surface area contributed by atoms with E-state index in [2.05, 4.69) is 20.6 Å². The molecular weight excluding hydrogens is 330 g/mol. The zero-order chi connectivity index (χ0) is 18.5. The fraction of sp³-hybridized carbons (Fsp3) is 0.368. The molecule has 3 aromatic rings. The monoisotopic (exact) mass is 353 g/mol. The Morgan fingerprint density at radius 1 is 1.23 bits per heavy atom. The van der Waals surface area contributed by atoms with Crippen molar-refractivity contribution >= 4 is 5.91 Å². The summed E-state index contributed by atoms with van der Waals surface area (Å²) in [4.78, 5) is 16.4. The number of nitrogens with one attached hydrogen (secondary N) is 1. The predicted molar refractivity (Wildman–Crippen MR) is 96.4 cm³/mol. The van der Waals surface area contributed by atoms with Crippen molar-refractivity contribution in [1.82, 2.24) is 25.2 Å². The third kappa shape index (κ3) is 4.36. The molecule has 0 aliphatic carbocycles. The highest BCUT2D eigenvalue weighted by molar-refractivity contribution is 5.76. The van der Waals surface area contributed by atoms with E-state index in [1.807, 2.05) is 55.9 Å². The number of rotatable bonds is 7. The molecule has 0 atom stereocenters. The highest BCUT2D eigenvalue weighted by Gasteiger charge is 2.12. The average Bonchev–Trinajstić information content (AvgIpc) is 3.17. The predicted octanol–water partition coefficient (Wildman–Crippen LogP) is 2.26. The van der Waals surface area contributed by atoms with Crippen LogP contribution in [0.3, 0.4) is 0 Å². The molecule has 0 spiro atoms. The van der Waals surface area contributed by atoms with Crippen molar-refractivity contribution in [1.29, 1.82) is 0 Å². The number of hydrogen-bond donors (Lipinski definition) is 1. The lowest BCUT2D eigenvalue weighted by molar-refractivity contribution is -0.121. The van der Waals surface area contributed by atoms with E-state index in [1.165, 1.54) is 0 Å². The third-order valence-corrected chi connectivity index (χ3v) is 4.41. The van der Waals surface area contributed by atoms with E-state index in [-0.39, 0.29) is 12.5 Å². The lowest BCUT2D eigenvalue weighted by Gasteiger charge is -2.03. The fourth-order valence-electron chi connectivity index (χ4n) is 2.89. The fourth-order valence-corrected chi connectivity index (χ4v) is 2.89. The maximum atomic E-state index is 12.1. The summed E-state index contributed by atoms with van der Waals surface area (Å²) in [7, 11) is 1.91. The van der Waals surface area contributed by atoms with Crippen molar-refractivity contribution in [3.8, 4) is 0 Å². The summed E-state index contributed by atoms with van der Waals surface area (Å²) in [5, 5.41) is 11.2. The quantitative estimate of drug-likeness (QED) is 0.704. The molecular formula is C19H23N5O2. The van der Waals surface area contributed by atoms with Crippen molar-refractivity contribution in [2.45, 2.75) is 39.7 Å². The van der Waals surface area contributed by atoms with Gasteiger partial charge in [0.15, 0.2) is 5.82 Å². The first-order valence-corrected chi connectivity index (χ1v) is 8.64. The van der Waals surface area contributed by atoms with Crippen LogP contribution < -0.4 is 5.32 Å². The molecule has 1 N–H and O–H groups in total. The third-order valence-electron chi connectivity index (χ3n) is 4.41. The minimum absolute atomic E-state index is 0.0459. The van der Waals surface area contributed by atoms with Crippen LogP contribution >= 0.6 is 0 Å². The molecule has 0 aliphatic rings. The normalized spacial score (nSPS) is 10.9. The van der Waals surface area contributed by atoms with Gasteiger partial charge in [0.2, 0.25) is 11.8 Å². The summed E-state index contributed by atoms with van der Waals surface area (Å²) in [6, 6.07) is 9.94. The van der Waals surface area contributed by atoms with Gasteiger partial charge in [-0.2, -0.15) is 10.1 Å². The van der Waals surface area contributed by atoms with Crippen LogP contribution in [-0.2, 0) is 31.2 Å². The van der Waals surface area contributed by atoms with Crippen LogP contribution in [0.5, 0.6) is 0 Å². The number of hydrogen-bond acceptors (Lipinski definition) is 5. The van der Waals surface area contributed by atoms with Gasteiger partial charge in [-0.1, -0.05) is 35.5 Å². The second-order valence-electron chi connectivity index (χ2n) is 6.32. The maximum Gasteiger partial charge on any atom is 0.246 e. The number of aryl methyl sites for hydroxylation is 2. The zero-order valence-electron chi connectivity index (χ0n) is 15.3. The van der Waals surface area contributed by atoms with Crippen LogP contribution in [0.2, 0.25) is 0 Å². The average molecular weight is 353 g/mol. The molecule has 7 nitrogen and oxygen atoms in total. The molecule has 0 saturated carbocycles. The first-order chi connectivity index (χ1) is 12.5. The Bertz CT molecular complexity index is 883. The van der Waals surface area contributed by atoms with Crippen molar-refractivity contribution in [2.24, 2.45) is 7.05 Å². The Balaban J connectivity index is 1.47. The van der Waals surface area contributed by atoms with E-state index in [4.69, 9.17) is 4.52 Å². The SMILES string of the molecule is Cc1nn(C)c(C)c1CCC(=O)NCc1nc(Cc2ccccc2)no1. The summed E-state index contributed by atoms with van der Waals surface area (Å²) in [6.07, 6.45) is 1.68. The van der Waals surface area contributed by atoms with Crippen molar-refractivity contribution < 1.29 is 9.32 Å². The summed E-state index contributed by atoms with van der Waals surface area (Å²) in [5.74, 6) is 0.982. The minimum Gasteiger partial charge on any atom is -0.347 e. The van der Waals surface area contributed by atoms with Gasteiger partial charge in [-0.05, 0) is 31.4 Å². The van der Waals surface area contributed by atoms with Gasteiger partial charge in [0.1, 0.15) is 0 Å². The molecule has 136 valence electrons. The van der Waals surface area contributed by atoms with Gasteiger partial charge in [0.05, 0.1) is 12.2 Å². The van der Waals surface area contributed by atoms with E-state index >= 15 is 0 Å². The van der Waals surface area contributed by atoms with E-state index < -0.39 is 0 Å². The Hall–Kier alpha value is -2.96. The van der Waals surface area contributed by atoms with Crippen LogP contribution in [0.4, 0.5) is 0 Å². The van der Waals surface area contributed by atoms with Crippen LogP contribution in [0.1, 0.15) is 40.7 Å². The summed E-state index contributed by atoms with van der Waals surface area (Å²) in [5.41, 5.74) is 4.31. The molecule has 0 fully saturated rings. The lowest BCUT2D eigenvalue weighted by atomic mass is 10.1. The van der Waals surface area contributed by atoms with Gasteiger partial charge in [-0.25, -0.2) is 0 Å². The van der Waals surface area contributed by atoms with Crippen LogP contribution in [0.15, 0.2) is 34.9 Å². The summed E-state index contributed by atoms with van der Waals surface area (Å²) in [6.45, 7) is 4.22. The Kier molecular flexibility index (Phi) is 5.46. The van der Waals surface area contributed by atoms with Crippen LogP contribution in [0, 0.1) is 13.8 Å². The maximum absolute atomic E-state index is 12.1. The number of amides is 1. The molecule has 0 unspecified atom stereocenters. The molecule has 1 aromatic carbocycles. The molecule has 0 saturated heterocycles. The summed E-state index contributed by atoms with van der Waals surface area (Å²) >= 11 is 0. The number of nitrogens with zero attached hydrogens (tertiary/aromatic N) is 4. The lowest BCUT2D eigenvalue weighted by Crippen LogP contribution is -2.23. The van der Waals surface area contributed by atoms with Gasteiger partial charge in [0, 0.05) is 25.6 Å². The molecule has 2 heterocycles. The highest BCUT2D eigenvalue weighted by atomic mass is 16.5. The molecule has 26 heavy (non-hydrogen) atoms. The Labute approximate surface area is 152 Å². The molecule has 2 aromatic heterocycles. The first-order valence-electron chi connectivity index (χ1n) is 8.64. The van der Waals surface area contributed by atoms with Crippen LogP contribution in [-0.4, -0.2) is 25.8 Å². The van der Waals surface area contributed by atoms with E-state index in [0.717, 1.165) is 22.5 Å². The second kappa shape index (κ2) is 7.95. The molecule has 7 heteroatoms. The molecule has 0 bridgehead atoms. The van der Waals surface area contributed by atoms with Crippen molar-refractivity contribution in [3.63, 3.8) is 0 Å². The van der Waals surface area contributed by atoms with Crippen molar-refractivity contribution in [2.75, 3.05) is 0 Å². The van der Waals surface area contributed by atoms with Gasteiger partial charge in [-0.3, -0.25) is 9.48 Å². The molecule has 0 radical (unpaired) electrons. The second-order valence-corrected chi connectivity index (χ2v) is 6.32. The van der Waals surface area contributed by atoms with E-state index in [0.29, 0.717) is 31.0 Å². The largest absolute Gasteiger partial charge is 0.347 e. The highest BCUT2D eigenvalue weighted by Crippen LogP contribution is 2.14. The number of carbonyl (C=O) groups excluding carboxylic acids is 1. The van der Waals surface area contributed by atoms with E-state index in [1.54, 1.807) is 0 Å². The number of benzene rings is 1. The standard InChI is InChI=1S/C19H23N5O2/c1-13-16(14(2)24(3)22-13)9-10-18(25)20-12-19-21-17(23-26-19)11-15-7-5-4-6-8-15/h4-8H,9-12H2,1-3H3,(H,20,25). The molecule has 3 rings (SSSR count). The van der Waals surface area contributed by atoms with Crippen molar-refractivity contribution in [3.05, 3.63) is 64.6 Å². The van der Waals surface area contributed by atoms with Crippen LogP contribution in [0.25, 0.3) is 0 Å². The Morgan fingerprint density at radius 2 is 2.00 bits per heavy atom. The smallest absolute Gasteiger partial charge is 0.246 e. The Morgan fingerprint density at radius 3 is 2.69 bits per heavy atom. The van der Waals surface area contributed by atoms with E-state index in [9.17, 15) is 4.79 Å². The summed E-state index contributed by atoms with van der Waals surface area (Å²) < 4.78 is 7.04. The first kappa shape index (κ1) is 17.8. The number of carbonyl (C=O) groups is 1. The topological polar surface area (TPSA) is 85.8 Å². The minimum atomic E-state index is -0.0459. The molecule has 1 amide bonds. The number of aromatic nitrogens is 4. The van der Waals surface area contributed by atoms with Gasteiger partial charge < -0.3 is 9.84 Å². The van der Waals surface area contributed by atoms with Gasteiger partial charge in [-0.15, -0.1) is 0 Å². The van der Waals surface area contributed by atoms with Gasteiger partial charge in [0.25, 0.3) is 0 Å². The zero-order valence-corrected chi connectivity index (χ0v) is 15.3.